The summed E-state index contributed by atoms with van der Waals surface area (Å²) < 4.78 is 4.46. The third-order valence-corrected chi connectivity index (χ3v) is 1.47. The van der Waals surface area contributed by atoms with E-state index in [9.17, 15) is 19.2 Å². The Kier molecular flexibility index (Phi) is 4.69. The monoisotopic (exact) mass is 200 g/mol. The van der Waals surface area contributed by atoms with Crippen LogP contribution in [-0.2, 0) is 23.9 Å². The lowest BCUT2D eigenvalue weighted by Gasteiger charge is -2.08. The van der Waals surface area contributed by atoms with Crippen molar-refractivity contribution < 1.29 is 23.9 Å². The van der Waals surface area contributed by atoms with Gasteiger partial charge in [-0.05, 0) is 20.8 Å². The van der Waals surface area contributed by atoms with Crippen LogP contribution < -0.4 is 0 Å². The van der Waals surface area contributed by atoms with Crippen LogP contribution in [0.4, 0.5) is 0 Å². The fraction of sp³-hybridized carbons (Fsp3) is 0.556. The van der Waals surface area contributed by atoms with E-state index in [1.54, 1.807) is 0 Å². The van der Waals surface area contributed by atoms with E-state index < -0.39 is 30.1 Å². The second-order valence-electron chi connectivity index (χ2n) is 2.96. The summed E-state index contributed by atoms with van der Waals surface area (Å²) in [6.07, 6.45) is 0. The smallest absolute Gasteiger partial charge is 0.324 e. The number of carbonyl (C=O) groups excluding carboxylic acids is 4. The van der Waals surface area contributed by atoms with Crippen LogP contribution in [0, 0.1) is 5.92 Å². The first-order valence-corrected chi connectivity index (χ1v) is 4.03. The maximum absolute atomic E-state index is 11.1. The Morgan fingerprint density at radius 2 is 1.43 bits per heavy atom. The third kappa shape index (κ3) is 3.93. The number of hydrogen-bond acceptors (Lipinski definition) is 5. The topological polar surface area (TPSA) is 77.5 Å². The highest BCUT2D eigenvalue weighted by Crippen LogP contribution is 2.03. The Labute approximate surface area is 81.4 Å². The number of esters is 1. The average molecular weight is 200 g/mol. The second kappa shape index (κ2) is 5.26. The van der Waals surface area contributed by atoms with Crippen LogP contribution in [0.3, 0.4) is 0 Å². The van der Waals surface area contributed by atoms with E-state index >= 15 is 0 Å². The molecule has 0 radical (unpaired) electrons. The molecule has 0 atom stereocenters. The first kappa shape index (κ1) is 12.5. The van der Waals surface area contributed by atoms with E-state index in [1.165, 1.54) is 6.92 Å². The fourth-order valence-electron chi connectivity index (χ4n) is 0.874. The maximum Gasteiger partial charge on any atom is 0.324 e. The molecule has 14 heavy (non-hydrogen) atoms. The minimum absolute atomic E-state index is 0.343. The Morgan fingerprint density at radius 1 is 1.00 bits per heavy atom. The fourth-order valence-corrected chi connectivity index (χ4v) is 0.874. The minimum atomic E-state index is -1.39. The van der Waals surface area contributed by atoms with Crippen molar-refractivity contribution in [1.29, 1.82) is 0 Å². The van der Waals surface area contributed by atoms with Gasteiger partial charge in [-0.3, -0.25) is 19.2 Å². The van der Waals surface area contributed by atoms with Gasteiger partial charge in [0, 0.05) is 0 Å². The van der Waals surface area contributed by atoms with Crippen molar-refractivity contribution in [3.8, 4) is 0 Å². The molecule has 0 aliphatic heterocycles. The van der Waals surface area contributed by atoms with Gasteiger partial charge in [-0.25, -0.2) is 0 Å². The summed E-state index contributed by atoms with van der Waals surface area (Å²) in [5.41, 5.74) is 0. The molecular formula is C9H12O5. The first-order chi connectivity index (χ1) is 6.36. The van der Waals surface area contributed by atoms with Crippen molar-refractivity contribution in [3.05, 3.63) is 0 Å². The number of ether oxygens (including phenoxy) is 1. The van der Waals surface area contributed by atoms with Crippen LogP contribution in [0.5, 0.6) is 0 Å². The van der Waals surface area contributed by atoms with E-state index in [0.717, 1.165) is 13.8 Å². The Bertz CT molecular complexity index is 265. The van der Waals surface area contributed by atoms with Gasteiger partial charge in [0.2, 0.25) is 0 Å². The highest BCUT2D eigenvalue weighted by molar-refractivity contribution is 6.16. The molecule has 0 N–H and O–H groups in total. The van der Waals surface area contributed by atoms with Crippen LogP contribution in [-0.4, -0.2) is 29.9 Å². The molecule has 0 saturated carbocycles. The van der Waals surface area contributed by atoms with Crippen LogP contribution in [0.15, 0.2) is 0 Å². The molecule has 78 valence electrons. The molecule has 0 amide bonds. The molecule has 0 aromatic heterocycles. The number of carbonyl (C=O) groups is 4. The summed E-state index contributed by atoms with van der Waals surface area (Å²) in [6.45, 7) is 3.09. The predicted octanol–water partition coefficient (Wildman–Crippen LogP) is -0.0872. The standard InChI is InChI=1S/C9H12O5/c1-5(10)4-14-9(13)8(6(2)11)7(3)12/h8H,4H2,1-3H3. The van der Waals surface area contributed by atoms with Crippen LogP contribution >= 0.6 is 0 Å². The molecular weight excluding hydrogens is 188 g/mol. The van der Waals surface area contributed by atoms with Crippen LogP contribution in [0.2, 0.25) is 0 Å². The quantitative estimate of drug-likeness (QED) is 0.458. The number of ketones is 3. The largest absolute Gasteiger partial charge is 0.457 e. The van der Waals surface area contributed by atoms with E-state index in [4.69, 9.17) is 0 Å². The van der Waals surface area contributed by atoms with Gasteiger partial charge in [-0.1, -0.05) is 0 Å². The zero-order valence-electron chi connectivity index (χ0n) is 8.33. The van der Waals surface area contributed by atoms with Gasteiger partial charge >= 0.3 is 5.97 Å². The molecule has 0 unspecified atom stereocenters. The first-order valence-electron chi connectivity index (χ1n) is 4.03. The number of hydrogen-bond donors (Lipinski definition) is 0. The molecule has 0 spiro atoms. The van der Waals surface area contributed by atoms with Gasteiger partial charge in [0.15, 0.2) is 23.3 Å². The van der Waals surface area contributed by atoms with Gasteiger partial charge in [0.1, 0.15) is 6.61 Å². The third-order valence-electron chi connectivity index (χ3n) is 1.47. The van der Waals surface area contributed by atoms with Crippen molar-refractivity contribution in [1.82, 2.24) is 0 Å². The van der Waals surface area contributed by atoms with Gasteiger partial charge in [-0.2, -0.15) is 0 Å². The zero-order chi connectivity index (χ0) is 11.3. The molecule has 0 bridgehead atoms. The predicted molar refractivity (Wildman–Crippen MR) is 46.5 cm³/mol. The zero-order valence-corrected chi connectivity index (χ0v) is 8.33. The summed E-state index contributed by atoms with van der Waals surface area (Å²) in [5, 5.41) is 0. The van der Waals surface area contributed by atoms with E-state index in [2.05, 4.69) is 4.74 Å². The summed E-state index contributed by atoms with van der Waals surface area (Å²) in [7, 11) is 0. The van der Waals surface area contributed by atoms with Crippen molar-refractivity contribution >= 4 is 23.3 Å². The lowest BCUT2D eigenvalue weighted by Crippen LogP contribution is -2.31. The second-order valence-corrected chi connectivity index (χ2v) is 2.96. The van der Waals surface area contributed by atoms with E-state index in [0.29, 0.717) is 0 Å². The maximum atomic E-state index is 11.1. The van der Waals surface area contributed by atoms with Crippen molar-refractivity contribution in [2.75, 3.05) is 6.61 Å². The van der Waals surface area contributed by atoms with Gasteiger partial charge < -0.3 is 4.74 Å². The molecule has 0 aliphatic rings. The Morgan fingerprint density at radius 3 is 1.71 bits per heavy atom. The summed E-state index contributed by atoms with van der Waals surface area (Å²) >= 11 is 0. The lowest BCUT2D eigenvalue weighted by molar-refractivity contribution is -0.156. The minimum Gasteiger partial charge on any atom is -0.457 e. The molecule has 0 fully saturated rings. The summed E-state index contributed by atoms with van der Waals surface area (Å²) in [5.74, 6) is -3.85. The molecule has 0 rings (SSSR count). The molecule has 0 saturated heterocycles. The highest BCUT2D eigenvalue weighted by Gasteiger charge is 2.29. The molecule has 5 heteroatoms. The molecule has 0 heterocycles. The van der Waals surface area contributed by atoms with Crippen LogP contribution in [0.25, 0.3) is 0 Å². The van der Waals surface area contributed by atoms with Crippen molar-refractivity contribution in [3.63, 3.8) is 0 Å². The Hall–Kier alpha value is -1.52. The SMILES string of the molecule is CC(=O)COC(=O)C(C(C)=O)C(C)=O. The van der Waals surface area contributed by atoms with Gasteiger partial charge in [-0.15, -0.1) is 0 Å². The number of Topliss-reactive ketones (excluding diaryl/α,β-unsaturated/α-hetero) is 3. The molecule has 0 aromatic rings. The molecule has 0 aromatic carbocycles. The van der Waals surface area contributed by atoms with Crippen LogP contribution in [0.1, 0.15) is 20.8 Å². The summed E-state index contributed by atoms with van der Waals surface area (Å²) in [4.78, 5) is 43.3. The lowest BCUT2D eigenvalue weighted by atomic mass is 10.0. The molecule has 0 aliphatic carbocycles. The Balaban J connectivity index is 4.39. The average Bonchev–Trinajstić information content (AvgIpc) is 1.99. The van der Waals surface area contributed by atoms with Gasteiger partial charge in [0.25, 0.3) is 0 Å². The van der Waals surface area contributed by atoms with Gasteiger partial charge in [0.05, 0.1) is 0 Å². The summed E-state index contributed by atoms with van der Waals surface area (Å²) in [6, 6.07) is 0. The van der Waals surface area contributed by atoms with E-state index in [-0.39, 0.29) is 5.78 Å². The van der Waals surface area contributed by atoms with E-state index in [1.807, 2.05) is 0 Å². The number of rotatable bonds is 5. The molecule has 5 nitrogen and oxygen atoms in total. The highest BCUT2D eigenvalue weighted by atomic mass is 16.5. The van der Waals surface area contributed by atoms with Crippen molar-refractivity contribution in [2.45, 2.75) is 20.8 Å². The normalized spacial score (nSPS) is 9.71. The van der Waals surface area contributed by atoms with Crippen molar-refractivity contribution in [2.24, 2.45) is 5.92 Å².